The Morgan fingerprint density at radius 2 is 2.00 bits per heavy atom. The second-order valence-electron chi connectivity index (χ2n) is 4.73. The van der Waals surface area contributed by atoms with Crippen molar-refractivity contribution in [2.45, 2.75) is 13.0 Å². The second-order valence-corrected chi connectivity index (χ2v) is 6.56. The van der Waals surface area contributed by atoms with Gasteiger partial charge in [0.2, 0.25) is 0 Å². The third-order valence-electron chi connectivity index (χ3n) is 3.41. The number of hydrogen-bond donors (Lipinski definition) is 1. The Hall–Kier alpha value is -1.16. The van der Waals surface area contributed by atoms with Gasteiger partial charge in [-0.1, -0.05) is 53.2 Å². The zero-order valence-electron chi connectivity index (χ0n) is 11.3. The van der Waals surface area contributed by atoms with Crippen molar-refractivity contribution in [3.05, 3.63) is 69.5 Å². The normalized spacial score (nSPS) is 12.7. The Morgan fingerprint density at radius 1 is 1.15 bits per heavy atom. The molecule has 3 rings (SSSR count). The van der Waals surface area contributed by atoms with Gasteiger partial charge in [-0.2, -0.15) is 0 Å². The summed E-state index contributed by atoms with van der Waals surface area (Å²) in [4.78, 5) is 0. The second kappa shape index (κ2) is 6.08. The van der Waals surface area contributed by atoms with Crippen LogP contribution in [0.25, 0.3) is 10.1 Å². The highest BCUT2D eigenvalue weighted by molar-refractivity contribution is 9.10. The number of hydrogen-bond acceptors (Lipinski definition) is 2. The lowest BCUT2D eigenvalue weighted by atomic mass is 9.98. The third-order valence-corrected chi connectivity index (χ3v) is 4.89. The van der Waals surface area contributed by atoms with Gasteiger partial charge in [0.25, 0.3) is 0 Å². The zero-order valence-corrected chi connectivity index (χ0v) is 13.7. The maximum atomic E-state index is 3.61. The summed E-state index contributed by atoms with van der Waals surface area (Å²) in [5, 5.41) is 7.23. The lowest BCUT2D eigenvalue weighted by molar-refractivity contribution is 0.635. The average Bonchev–Trinajstić information content (AvgIpc) is 2.88. The predicted molar refractivity (Wildman–Crippen MR) is 91.5 cm³/mol. The maximum absolute atomic E-state index is 3.61. The SMILES string of the molecule is CCNC(c1cccc(Br)c1)c1csc2ccccc12. The van der Waals surface area contributed by atoms with Gasteiger partial charge in [0, 0.05) is 9.17 Å². The number of rotatable bonds is 4. The molecule has 0 aliphatic carbocycles. The molecule has 102 valence electrons. The van der Waals surface area contributed by atoms with E-state index >= 15 is 0 Å². The first kappa shape index (κ1) is 13.8. The molecule has 0 saturated carbocycles. The minimum Gasteiger partial charge on any atom is -0.306 e. The van der Waals surface area contributed by atoms with Gasteiger partial charge in [-0.05, 0) is 46.6 Å². The highest BCUT2D eigenvalue weighted by Crippen LogP contribution is 2.34. The molecule has 1 nitrogen and oxygen atoms in total. The van der Waals surface area contributed by atoms with Crippen LogP contribution in [0.5, 0.6) is 0 Å². The number of fused-ring (bicyclic) bond motifs is 1. The van der Waals surface area contributed by atoms with Gasteiger partial charge in [0.1, 0.15) is 0 Å². The molecule has 0 spiro atoms. The van der Waals surface area contributed by atoms with E-state index in [1.165, 1.54) is 21.2 Å². The molecule has 0 bridgehead atoms. The summed E-state index contributed by atoms with van der Waals surface area (Å²) in [5.41, 5.74) is 2.66. The molecule has 0 radical (unpaired) electrons. The molecule has 1 N–H and O–H groups in total. The van der Waals surface area contributed by atoms with E-state index in [0.717, 1.165) is 11.0 Å². The molecule has 20 heavy (non-hydrogen) atoms. The Kier molecular flexibility index (Phi) is 4.20. The fourth-order valence-electron chi connectivity index (χ4n) is 2.52. The molecule has 3 heteroatoms. The van der Waals surface area contributed by atoms with Crippen LogP contribution in [0, 0.1) is 0 Å². The molecule has 1 atom stereocenters. The largest absolute Gasteiger partial charge is 0.306 e. The van der Waals surface area contributed by atoms with Crippen molar-refractivity contribution >= 4 is 37.4 Å². The highest BCUT2D eigenvalue weighted by Gasteiger charge is 2.17. The lowest BCUT2D eigenvalue weighted by Gasteiger charge is -2.18. The van der Waals surface area contributed by atoms with Gasteiger partial charge in [-0.25, -0.2) is 0 Å². The van der Waals surface area contributed by atoms with Crippen LogP contribution in [-0.4, -0.2) is 6.54 Å². The molecule has 0 aliphatic heterocycles. The first-order valence-electron chi connectivity index (χ1n) is 6.74. The number of benzene rings is 2. The summed E-state index contributed by atoms with van der Waals surface area (Å²) in [6, 6.07) is 17.4. The number of thiophene rings is 1. The van der Waals surface area contributed by atoms with Crippen molar-refractivity contribution in [3.63, 3.8) is 0 Å². The molecule has 1 heterocycles. The van der Waals surface area contributed by atoms with E-state index in [1.807, 2.05) is 11.3 Å². The summed E-state index contributed by atoms with van der Waals surface area (Å²) in [5.74, 6) is 0. The third kappa shape index (κ3) is 2.66. The van der Waals surface area contributed by atoms with Crippen LogP contribution in [0.2, 0.25) is 0 Å². The van der Waals surface area contributed by atoms with Crippen molar-refractivity contribution in [1.82, 2.24) is 5.32 Å². The molecule has 1 unspecified atom stereocenters. The van der Waals surface area contributed by atoms with E-state index in [4.69, 9.17) is 0 Å². The molecule has 3 aromatic rings. The zero-order chi connectivity index (χ0) is 13.9. The van der Waals surface area contributed by atoms with Gasteiger partial charge in [-0.3, -0.25) is 0 Å². The van der Waals surface area contributed by atoms with Gasteiger partial charge in [0.15, 0.2) is 0 Å². The minimum atomic E-state index is 0.244. The fraction of sp³-hybridized carbons (Fsp3) is 0.176. The lowest BCUT2D eigenvalue weighted by Crippen LogP contribution is -2.21. The minimum absolute atomic E-state index is 0.244. The fourth-order valence-corrected chi connectivity index (χ4v) is 3.92. The number of nitrogens with one attached hydrogen (secondary N) is 1. The van der Waals surface area contributed by atoms with Crippen LogP contribution < -0.4 is 5.32 Å². The Balaban J connectivity index is 2.11. The highest BCUT2D eigenvalue weighted by atomic mass is 79.9. The number of halogens is 1. The van der Waals surface area contributed by atoms with Gasteiger partial charge in [-0.15, -0.1) is 11.3 Å². The van der Waals surface area contributed by atoms with Crippen LogP contribution in [0.15, 0.2) is 58.4 Å². The molecule has 1 aromatic heterocycles. The summed E-state index contributed by atoms with van der Waals surface area (Å²) in [6.45, 7) is 3.10. The van der Waals surface area contributed by atoms with E-state index in [2.05, 4.69) is 82.1 Å². The molecular formula is C17H16BrNS. The van der Waals surface area contributed by atoms with Gasteiger partial charge in [0.05, 0.1) is 6.04 Å². The van der Waals surface area contributed by atoms with E-state index in [0.29, 0.717) is 0 Å². The van der Waals surface area contributed by atoms with Crippen molar-refractivity contribution in [1.29, 1.82) is 0 Å². The first-order valence-corrected chi connectivity index (χ1v) is 8.42. The van der Waals surface area contributed by atoms with Crippen molar-refractivity contribution in [3.8, 4) is 0 Å². The monoisotopic (exact) mass is 345 g/mol. The van der Waals surface area contributed by atoms with Crippen molar-refractivity contribution in [2.75, 3.05) is 6.54 Å². The molecule has 0 amide bonds. The molecular weight excluding hydrogens is 330 g/mol. The molecule has 0 aliphatic rings. The van der Waals surface area contributed by atoms with E-state index in [9.17, 15) is 0 Å². The topological polar surface area (TPSA) is 12.0 Å². The van der Waals surface area contributed by atoms with E-state index < -0.39 is 0 Å². The summed E-state index contributed by atoms with van der Waals surface area (Å²) in [7, 11) is 0. The summed E-state index contributed by atoms with van der Waals surface area (Å²) < 4.78 is 2.47. The van der Waals surface area contributed by atoms with Crippen LogP contribution in [0.3, 0.4) is 0 Å². The van der Waals surface area contributed by atoms with Crippen molar-refractivity contribution in [2.24, 2.45) is 0 Å². The van der Waals surface area contributed by atoms with Crippen LogP contribution in [0.1, 0.15) is 24.1 Å². The van der Waals surface area contributed by atoms with Gasteiger partial charge < -0.3 is 5.32 Å². The van der Waals surface area contributed by atoms with Crippen molar-refractivity contribution < 1.29 is 0 Å². The Bertz CT molecular complexity index is 720. The van der Waals surface area contributed by atoms with Crippen LogP contribution in [-0.2, 0) is 0 Å². The first-order chi connectivity index (χ1) is 9.79. The molecule has 2 aromatic carbocycles. The molecule has 0 saturated heterocycles. The van der Waals surface area contributed by atoms with Crippen LogP contribution in [0.4, 0.5) is 0 Å². The standard InChI is InChI=1S/C17H16BrNS/c1-2-19-17(12-6-5-7-13(18)10-12)15-11-20-16-9-4-3-8-14(15)16/h3-11,17,19H,2H2,1H3. The summed E-state index contributed by atoms with van der Waals surface area (Å²) >= 11 is 5.38. The van der Waals surface area contributed by atoms with E-state index in [1.54, 1.807) is 0 Å². The van der Waals surface area contributed by atoms with E-state index in [-0.39, 0.29) is 6.04 Å². The summed E-state index contributed by atoms with van der Waals surface area (Å²) in [6.07, 6.45) is 0. The van der Waals surface area contributed by atoms with Crippen LogP contribution >= 0.6 is 27.3 Å². The molecule has 0 fully saturated rings. The maximum Gasteiger partial charge on any atom is 0.0591 e. The van der Waals surface area contributed by atoms with Gasteiger partial charge >= 0.3 is 0 Å². The quantitative estimate of drug-likeness (QED) is 0.670. The smallest absolute Gasteiger partial charge is 0.0591 e. The Morgan fingerprint density at radius 3 is 2.80 bits per heavy atom. The predicted octanol–water partition coefficient (Wildman–Crippen LogP) is 5.36. The Labute approximate surface area is 131 Å². The average molecular weight is 346 g/mol.